The van der Waals surface area contributed by atoms with Crippen LogP contribution in [0.25, 0.3) is 0 Å². The topological polar surface area (TPSA) is 21.3 Å². The second-order valence-electron chi connectivity index (χ2n) is 4.23. The minimum absolute atomic E-state index is 0.204. The fraction of sp³-hybridized carbons (Fsp3) is 0.538. The molecule has 3 heteroatoms. The molecule has 0 unspecified atom stereocenters. The lowest BCUT2D eigenvalue weighted by atomic mass is 10.1. The van der Waals surface area contributed by atoms with Crippen LogP contribution in [0.1, 0.15) is 25.0 Å². The van der Waals surface area contributed by atoms with Crippen molar-refractivity contribution in [3.63, 3.8) is 0 Å². The largest absolute Gasteiger partial charge is 0.375 e. The average molecular weight is 225 g/mol. The zero-order valence-electron chi connectivity index (χ0n) is 10.2. The lowest BCUT2D eigenvalue weighted by Gasteiger charge is -2.10. The van der Waals surface area contributed by atoms with E-state index in [1.54, 1.807) is 6.07 Å². The Morgan fingerprint density at radius 1 is 1.38 bits per heavy atom. The van der Waals surface area contributed by atoms with E-state index < -0.39 is 0 Å². The van der Waals surface area contributed by atoms with Crippen LogP contribution in [-0.2, 0) is 11.3 Å². The first-order valence-corrected chi connectivity index (χ1v) is 5.65. The van der Waals surface area contributed by atoms with Crippen molar-refractivity contribution in [2.45, 2.75) is 33.4 Å². The number of benzene rings is 1. The van der Waals surface area contributed by atoms with Gasteiger partial charge in [0.15, 0.2) is 0 Å². The van der Waals surface area contributed by atoms with Crippen LogP contribution in [0.3, 0.4) is 0 Å². The highest BCUT2D eigenvalue weighted by Gasteiger charge is 2.00. The van der Waals surface area contributed by atoms with Gasteiger partial charge in [-0.1, -0.05) is 19.9 Å². The number of rotatable bonds is 6. The Balaban J connectivity index is 2.29. The highest BCUT2D eigenvalue weighted by Crippen LogP contribution is 2.11. The summed E-state index contributed by atoms with van der Waals surface area (Å²) in [5.74, 6) is -0.204. The van der Waals surface area contributed by atoms with E-state index in [4.69, 9.17) is 4.74 Å². The van der Waals surface area contributed by atoms with E-state index >= 15 is 0 Å². The summed E-state index contributed by atoms with van der Waals surface area (Å²) in [5, 5.41) is 3.26. The molecule has 0 amide bonds. The van der Waals surface area contributed by atoms with Crippen molar-refractivity contribution in [2.24, 2.45) is 0 Å². The van der Waals surface area contributed by atoms with Gasteiger partial charge in [0, 0.05) is 12.6 Å². The predicted octanol–water partition coefficient (Wildman–Crippen LogP) is 2.65. The lowest BCUT2D eigenvalue weighted by molar-refractivity contribution is 0.121. The van der Waals surface area contributed by atoms with E-state index in [1.807, 2.05) is 6.92 Å². The van der Waals surface area contributed by atoms with Gasteiger partial charge in [0.1, 0.15) is 5.82 Å². The molecule has 1 N–H and O–H groups in total. The van der Waals surface area contributed by atoms with Crippen molar-refractivity contribution in [3.8, 4) is 0 Å². The lowest BCUT2D eigenvalue weighted by Crippen LogP contribution is -2.26. The van der Waals surface area contributed by atoms with Gasteiger partial charge in [-0.2, -0.15) is 0 Å². The van der Waals surface area contributed by atoms with Gasteiger partial charge in [0.2, 0.25) is 0 Å². The summed E-state index contributed by atoms with van der Waals surface area (Å²) in [4.78, 5) is 0. The van der Waals surface area contributed by atoms with Crippen LogP contribution in [0.2, 0.25) is 0 Å². The Bertz CT molecular complexity index is 326. The van der Waals surface area contributed by atoms with Gasteiger partial charge < -0.3 is 10.1 Å². The van der Waals surface area contributed by atoms with Gasteiger partial charge in [-0.25, -0.2) is 4.39 Å². The van der Waals surface area contributed by atoms with Gasteiger partial charge in [0.05, 0.1) is 13.2 Å². The van der Waals surface area contributed by atoms with Crippen molar-refractivity contribution in [1.29, 1.82) is 0 Å². The normalized spacial score (nSPS) is 11.1. The number of ether oxygens (including phenoxy) is 1. The molecule has 0 fully saturated rings. The number of hydrogen-bond acceptors (Lipinski definition) is 2. The first kappa shape index (κ1) is 13.1. The van der Waals surface area contributed by atoms with Crippen molar-refractivity contribution >= 4 is 0 Å². The van der Waals surface area contributed by atoms with Crippen LogP contribution in [0.4, 0.5) is 4.39 Å². The third-order valence-corrected chi connectivity index (χ3v) is 2.37. The maximum Gasteiger partial charge on any atom is 0.123 e. The summed E-state index contributed by atoms with van der Waals surface area (Å²) in [6.45, 7) is 8.10. The molecule has 2 nitrogen and oxygen atoms in total. The highest BCUT2D eigenvalue weighted by molar-refractivity contribution is 5.25. The number of aryl methyl sites for hydroxylation is 1. The molecule has 0 atom stereocenters. The summed E-state index contributed by atoms with van der Waals surface area (Å²) >= 11 is 0. The number of halogens is 1. The Morgan fingerprint density at radius 3 is 2.81 bits per heavy atom. The second-order valence-corrected chi connectivity index (χ2v) is 4.23. The SMILES string of the molecule is Cc1ccc(F)cc1COCCNC(C)C. The molecule has 90 valence electrons. The van der Waals surface area contributed by atoms with E-state index in [0.29, 0.717) is 19.3 Å². The molecule has 1 rings (SSSR count). The minimum Gasteiger partial charge on any atom is -0.375 e. The van der Waals surface area contributed by atoms with Crippen LogP contribution in [0.5, 0.6) is 0 Å². The van der Waals surface area contributed by atoms with Crippen molar-refractivity contribution in [2.75, 3.05) is 13.2 Å². The third kappa shape index (κ3) is 4.73. The minimum atomic E-state index is -0.204. The van der Waals surface area contributed by atoms with E-state index in [0.717, 1.165) is 17.7 Å². The van der Waals surface area contributed by atoms with Gasteiger partial charge >= 0.3 is 0 Å². The molecule has 0 aliphatic carbocycles. The quantitative estimate of drug-likeness (QED) is 0.751. The Labute approximate surface area is 96.8 Å². The van der Waals surface area contributed by atoms with Crippen molar-refractivity contribution in [1.82, 2.24) is 5.32 Å². The fourth-order valence-corrected chi connectivity index (χ4v) is 1.40. The monoisotopic (exact) mass is 225 g/mol. The molecule has 0 aliphatic rings. The molecule has 0 heterocycles. The second kappa shape index (κ2) is 6.61. The first-order chi connectivity index (χ1) is 7.59. The van der Waals surface area contributed by atoms with Crippen LogP contribution >= 0.6 is 0 Å². The van der Waals surface area contributed by atoms with Gasteiger partial charge in [-0.3, -0.25) is 0 Å². The molecule has 0 aromatic heterocycles. The van der Waals surface area contributed by atoms with E-state index in [1.165, 1.54) is 12.1 Å². The fourth-order valence-electron chi connectivity index (χ4n) is 1.40. The van der Waals surface area contributed by atoms with Gasteiger partial charge in [-0.05, 0) is 30.2 Å². The van der Waals surface area contributed by atoms with Crippen LogP contribution in [0.15, 0.2) is 18.2 Å². The molecule has 0 bridgehead atoms. The maximum atomic E-state index is 13.0. The molecular formula is C13H20FNO. The molecular weight excluding hydrogens is 205 g/mol. The molecule has 0 aliphatic heterocycles. The molecule has 1 aromatic carbocycles. The standard InChI is InChI=1S/C13H20FNO/c1-10(2)15-6-7-16-9-12-8-13(14)5-4-11(12)3/h4-5,8,10,15H,6-7,9H2,1-3H3. The first-order valence-electron chi connectivity index (χ1n) is 5.65. The molecule has 0 radical (unpaired) electrons. The van der Waals surface area contributed by atoms with E-state index in [-0.39, 0.29) is 5.82 Å². The molecule has 0 saturated heterocycles. The average Bonchev–Trinajstić information content (AvgIpc) is 2.22. The Kier molecular flexibility index (Phi) is 5.43. The van der Waals surface area contributed by atoms with Crippen LogP contribution < -0.4 is 5.32 Å². The smallest absolute Gasteiger partial charge is 0.123 e. The molecule has 0 spiro atoms. The van der Waals surface area contributed by atoms with Crippen LogP contribution in [0, 0.1) is 12.7 Å². The molecule has 1 aromatic rings. The van der Waals surface area contributed by atoms with E-state index in [2.05, 4.69) is 19.2 Å². The van der Waals surface area contributed by atoms with Crippen molar-refractivity contribution in [3.05, 3.63) is 35.1 Å². The summed E-state index contributed by atoms with van der Waals surface area (Å²) < 4.78 is 18.4. The predicted molar refractivity (Wildman–Crippen MR) is 63.9 cm³/mol. The van der Waals surface area contributed by atoms with Gasteiger partial charge in [0.25, 0.3) is 0 Å². The Morgan fingerprint density at radius 2 is 2.12 bits per heavy atom. The van der Waals surface area contributed by atoms with Gasteiger partial charge in [-0.15, -0.1) is 0 Å². The summed E-state index contributed by atoms with van der Waals surface area (Å²) in [5.41, 5.74) is 1.99. The summed E-state index contributed by atoms with van der Waals surface area (Å²) in [6, 6.07) is 5.25. The zero-order chi connectivity index (χ0) is 12.0. The van der Waals surface area contributed by atoms with E-state index in [9.17, 15) is 4.39 Å². The van der Waals surface area contributed by atoms with Crippen molar-refractivity contribution < 1.29 is 9.13 Å². The summed E-state index contributed by atoms with van der Waals surface area (Å²) in [7, 11) is 0. The highest BCUT2D eigenvalue weighted by atomic mass is 19.1. The third-order valence-electron chi connectivity index (χ3n) is 2.37. The molecule has 0 saturated carbocycles. The summed E-state index contributed by atoms with van der Waals surface area (Å²) in [6.07, 6.45) is 0. The van der Waals surface area contributed by atoms with Crippen LogP contribution in [-0.4, -0.2) is 19.2 Å². The zero-order valence-corrected chi connectivity index (χ0v) is 10.2. The molecule has 16 heavy (non-hydrogen) atoms. The number of nitrogens with one attached hydrogen (secondary N) is 1. The number of hydrogen-bond donors (Lipinski definition) is 1. The Hall–Kier alpha value is -0.930. The maximum absolute atomic E-state index is 13.0.